The van der Waals surface area contributed by atoms with E-state index in [1.54, 1.807) is 0 Å². The van der Waals surface area contributed by atoms with Crippen LogP contribution < -0.4 is 0 Å². The smallest absolute Gasteiger partial charge is 0.164 e. The van der Waals surface area contributed by atoms with E-state index in [0.717, 1.165) is 33.4 Å². The molecule has 0 bridgehead atoms. The first-order valence-corrected chi connectivity index (χ1v) is 21.8. The van der Waals surface area contributed by atoms with Gasteiger partial charge in [-0.3, -0.25) is 0 Å². The van der Waals surface area contributed by atoms with Gasteiger partial charge in [0.05, 0.1) is 5.41 Å². The van der Waals surface area contributed by atoms with Gasteiger partial charge in [-0.05, 0) is 79.9 Å². The molecule has 0 spiro atoms. The Labute approximate surface area is 364 Å². The maximum absolute atomic E-state index is 5.28. The van der Waals surface area contributed by atoms with Gasteiger partial charge in [-0.2, -0.15) is 0 Å². The van der Waals surface area contributed by atoms with Crippen LogP contribution in [0.5, 0.6) is 0 Å². The van der Waals surface area contributed by atoms with E-state index in [-0.39, 0.29) is 0 Å². The summed E-state index contributed by atoms with van der Waals surface area (Å²) in [5.41, 5.74) is 14.3. The van der Waals surface area contributed by atoms with Crippen LogP contribution in [0, 0.1) is 0 Å². The van der Waals surface area contributed by atoms with Crippen LogP contribution >= 0.6 is 11.3 Å². The topological polar surface area (TPSA) is 38.7 Å². The largest absolute Gasteiger partial charge is 0.208 e. The van der Waals surface area contributed by atoms with Gasteiger partial charge in [0.1, 0.15) is 0 Å². The van der Waals surface area contributed by atoms with Gasteiger partial charge in [0.25, 0.3) is 0 Å². The van der Waals surface area contributed by atoms with Crippen LogP contribution in [-0.4, -0.2) is 15.0 Å². The Morgan fingerprint density at radius 3 is 1.55 bits per heavy atom. The molecule has 290 valence electrons. The van der Waals surface area contributed by atoms with Crippen LogP contribution in [0.3, 0.4) is 0 Å². The van der Waals surface area contributed by atoms with E-state index in [9.17, 15) is 0 Å². The van der Waals surface area contributed by atoms with Crippen molar-refractivity contribution in [3.63, 3.8) is 0 Å². The fourth-order valence-electron chi connectivity index (χ4n) is 9.63. The van der Waals surface area contributed by atoms with Gasteiger partial charge in [0.15, 0.2) is 17.5 Å². The zero-order valence-corrected chi connectivity index (χ0v) is 34.4. The van der Waals surface area contributed by atoms with E-state index in [0.29, 0.717) is 17.5 Å². The molecule has 1 aliphatic rings. The van der Waals surface area contributed by atoms with Crippen molar-refractivity contribution in [3.05, 3.63) is 247 Å². The standard InChI is InChI=1S/C58H37N3S/c1-4-16-38(17-5-1)41-18-14-19-42(36-41)56-59-55(40-32-30-39(31-33-40)46-26-15-29-53-54(46)48-25-11-13-28-52(48)62-53)60-57(61-56)43-34-35-51-49(37-43)47-24-10-12-27-50(47)58(51,44-20-6-2-7-21-44)45-22-8-3-9-23-45/h1-37H. The predicted octanol–water partition coefficient (Wildman–Crippen LogP) is 14.9. The fourth-order valence-corrected chi connectivity index (χ4v) is 10.8. The lowest BCUT2D eigenvalue weighted by molar-refractivity contribution is 0.768. The Morgan fingerprint density at radius 1 is 0.306 bits per heavy atom. The number of fused-ring (bicyclic) bond motifs is 6. The fraction of sp³-hybridized carbons (Fsp3) is 0.0172. The summed E-state index contributed by atoms with van der Waals surface area (Å²) in [6.07, 6.45) is 0. The van der Waals surface area contributed by atoms with E-state index in [1.165, 1.54) is 59.1 Å². The van der Waals surface area contributed by atoms with Gasteiger partial charge < -0.3 is 0 Å². The molecule has 1 aliphatic carbocycles. The summed E-state index contributed by atoms with van der Waals surface area (Å²) < 4.78 is 2.59. The predicted molar refractivity (Wildman–Crippen MR) is 257 cm³/mol. The Bertz CT molecular complexity index is 3410. The molecule has 11 aromatic rings. The van der Waals surface area contributed by atoms with Gasteiger partial charge in [-0.1, -0.05) is 200 Å². The number of rotatable bonds is 7. The molecular weight excluding hydrogens is 771 g/mol. The minimum atomic E-state index is -0.484. The summed E-state index contributed by atoms with van der Waals surface area (Å²) in [5, 5.41) is 2.59. The molecule has 0 radical (unpaired) electrons. The second kappa shape index (κ2) is 14.7. The third-order valence-electron chi connectivity index (χ3n) is 12.4. The monoisotopic (exact) mass is 807 g/mol. The lowest BCUT2D eigenvalue weighted by Gasteiger charge is -2.33. The molecule has 0 amide bonds. The van der Waals surface area contributed by atoms with Crippen molar-refractivity contribution >= 4 is 31.5 Å². The molecule has 4 heteroatoms. The molecule has 12 rings (SSSR count). The van der Waals surface area contributed by atoms with Crippen LogP contribution in [0.15, 0.2) is 224 Å². The second-order valence-corrected chi connectivity index (χ2v) is 17.0. The highest BCUT2D eigenvalue weighted by Crippen LogP contribution is 2.56. The average Bonchev–Trinajstić information content (AvgIpc) is 3.89. The zero-order valence-electron chi connectivity index (χ0n) is 33.6. The van der Waals surface area contributed by atoms with Gasteiger partial charge in [0, 0.05) is 36.9 Å². The number of thiophene rings is 1. The lowest BCUT2D eigenvalue weighted by atomic mass is 9.67. The van der Waals surface area contributed by atoms with Gasteiger partial charge in [-0.15, -0.1) is 11.3 Å². The van der Waals surface area contributed by atoms with Crippen LogP contribution in [0.1, 0.15) is 22.3 Å². The maximum atomic E-state index is 5.28. The van der Waals surface area contributed by atoms with Crippen molar-refractivity contribution in [2.24, 2.45) is 0 Å². The molecule has 0 unspecified atom stereocenters. The SMILES string of the molecule is c1ccc(-c2cccc(-c3nc(-c4ccc(-c5cccc6sc7ccccc7c56)cc4)nc(-c4ccc5c(c4)-c4ccccc4C5(c4ccccc4)c4ccccc4)n3)c2)cc1. The van der Waals surface area contributed by atoms with Crippen molar-refractivity contribution in [3.8, 4) is 67.5 Å². The molecular formula is C58H37N3S. The number of benzene rings is 9. The Balaban J connectivity index is 1.03. The molecule has 3 nitrogen and oxygen atoms in total. The molecule has 0 atom stereocenters. The van der Waals surface area contributed by atoms with Crippen LogP contribution in [0.2, 0.25) is 0 Å². The lowest BCUT2D eigenvalue weighted by Crippen LogP contribution is -2.28. The summed E-state index contributed by atoms with van der Waals surface area (Å²) in [6.45, 7) is 0. The molecule has 0 saturated carbocycles. The maximum Gasteiger partial charge on any atom is 0.164 e. The highest BCUT2D eigenvalue weighted by molar-refractivity contribution is 7.25. The van der Waals surface area contributed by atoms with Crippen molar-refractivity contribution in [1.29, 1.82) is 0 Å². The van der Waals surface area contributed by atoms with E-state index < -0.39 is 5.41 Å². The van der Waals surface area contributed by atoms with E-state index >= 15 is 0 Å². The first-order chi connectivity index (χ1) is 30.7. The number of hydrogen-bond donors (Lipinski definition) is 0. The minimum Gasteiger partial charge on any atom is -0.208 e. The van der Waals surface area contributed by atoms with E-state index in [2.05, 4.69) is 218 Å². The number of nitrogens with zero attached hydrogens (tertiary/aromatic N) is 3. The van der Waals surface area contributed by atoms with Crippen molar-refractivity contribution in [1.82, 2.24) is 15.0 Å². The Morgan fingerprint density at radius 2 is 0.806 bits per heavy atom. The molecule has 0 saturated heterocycles. The minimum absolute atomic E-state index is 0.484. The van der Waals surface area contributed by atoms with E-state index in [4.69, 9.17) is 15.0 Å². The van der Waals surface area contributed by atoms with Crippen LogP contribution in [0.25, 0.3) is 87.7 Å². The Kier molecular flexibility index (Phi) is 8.58. The Hall–Kier alpha value is -7.79. The average molecular weight is 808 g/mol. The molecule has 2 aromatic heterocycles. The molecule has 0 aliphatic heterocycles. The zero-order chi connectivity index (χ0) is 41.0. The van der Waals surface area contributed by atoms with Gasteiger partial charge in [-0.25, -0.2) is 15.0 Å². The molecule has 0 N–H and O–H groups in total. The van der Waals surface area contributed by atoms with Crippen molar-refractivity contribution in [2.75, 3.05) is 0 Å². The first-order valence-electron chi connectivity index (χ1n) is 21.0. The summed E-state index contributed by atoms with van der Waals surface area (Å²) in [6, 6.07) is 80.4. The summed E-state index contributed by atoms with van der Waals surface area (Å²) in [5.74, 6) is 1.89. The van der Waals surface area contributed by atoms with Crippen LogP contribution in [-0.2, 0) is 5.41 Å². The molecule has 62 heavy (non-hydrogen) atoms. The highest BCUT2D eigenvalue weighted by atomic mass is 32.1. The molecule has 0 fully saturated rings. The van der Waals surface area contributed by atoms with Gasteiger partial charge in [0.2, 0.25) is 0 Å². The second-order valence-electron chi connectivity index (χ2n) is 15.9. The van der Waals surface area contributed by atoms with Gasteiger partial charge >= 0.3 is 0 Å². The first kappa shape index (κ1) is 36.1. The third kappa shape index (κ3) is 5.83. The van der Waals surface area contributed by atoms with Crippen molar-refractivity contribution in [2.45, 2.75) is 5.41 Å². The normalized spacial score (nSPS) is 12.6. The summed E-state index contributed by atoms with van der Waals surface area (Å²) in [4.78, 5) is 15.8. The van der Waals surface area contributed by atoms with Crippen LogP contribution in [0.4, 0.5) is 0 Å². The molecule has 2 heterocycles. The number of hydrogen-bond acceptors (Lipinski definition) is 4. The van der Waals surface area contributed by atoms with Crippen molar-refractivity contribution < 1.29 is 0 Å². The quantitative estimate of drug-likeness (QED) is 0.161. The highest BCUT2D eigenvalue weighted by Gasteiger charge is 2.46. The summed E-state index contributed by atoms with van der Waals surface area (Å²) >= 11 is 1.84. The number of aromatic nitrogens is 3. The molecule has 9 aromatic carbocycles. The third-order valence-corrected chi connectivity index (χ3v) is 13.6. The van der Waals surface area contributed by atoms with E-state index in [1.807, 2.05) is 17.4 Å². The summed E-state index contributed by atoms with van der Waals surface area (Å²) in [7, 11) is 0.